The molecule has 0 aromatic heterocycles. The van der Waals surface area contributed by atoms with Gasteiger partial charge in [0.2, 0.25) is 0 Å². The number of nitrogens with one attached hydrogen (secondary N) is 1. The van der Waals surface area contributed by atoms with Crippen LogP contribution in [-0.2, 0) is 17.8 Å². The number of aliphatic hydroxyl groups excluding tert-OH is 1. The zero-order valence-corrected chi connectivity index (χ0v) is 16.2. The maximum Gasteiger partial charge on any atom is 0.124 e. The van der Waals surface area contributed by atoms with E-state index in [1.165, 1.54) is 5.56 Å². The fourth-order valence-corrected chi connectivity index (χ4v) is 2.79. The van der Waals surface area contributed by atoms with Gasteiger partial charge in [0.15, 0.2) is 0 Å². The lowest BCUT2D eigenvalue weighted by atomic mass is 9.95. The predicted octanol–water partition coefficient (Wildman–Crippen LogP) is 3.19. The average molecular weight is 367 g/mol. The molecule has 0 aliphatic carbocycles. The number of ether oxygens (including phenoxy) is 2. The number of hydrogen-bond donors (Lipinski definition) is 2. The van der Waals surface area contributed by atoms with Crippen molar-refractivity contribution in [2.75, 3.05) is 19.8 Å². The summed E-state index contributed by atoms with van der Waals surface area (Å²) in [4.78, 5) is 0. The van der Waals surface area contributed by atoms with Crippen LogP contribution in [-0.4, -0.2) is 36.5 Å². The van der Waals surface area contributed by atoms with Crippen LogP contribution < -0.4 is 10.1 Å². The van der Waals surface area contributed by atoms with Crippen LogP contribution in [0.3, 0.4) is 0 Å². The van der Waals surface area contributed by atoms with Crippen molar-refractivity contribution in [3.05, 3.63) is 65.7 Å². The third-order valence-corrected chi connectivity index (χ3v) is 4.15. The summed E-state index contributed by atoms with van der Waals surface area (Å²) in [5.74, 6) is 3.15. The molecule has 0 spiro atoms. The van der Waals surface area contributed by atoms with Gasteiger partial charge >= 0.3 is 0 Å². The number of aliphatic hydroxyl groups is 1. The van der Waals surface area contributed by atoms with E-state index < -0.39 is 6.10 Å². The normalized spacial score (nSPS) is 12.4. The maximum atomic E-state index is 10.3. The highest BCUT2D eigenvalue weighted by molar-refractivity contribution is 5.32. The van der Waals surface area contributed by atoms with Crippen LogP contribution in [0.5, 0.6) is 5.75 Å². The second kappa shape index (κ2) is 10.7. The van der Waals surface area contributed by atoms with Crippen molar-refractivity contribution in [1.29, 1.82) is 0 Å². The van der Waals surface area contributed by atoms with Gasteiger partial charge in [0.1, 0.15) is 25.1 Å². The summed E-state index contributed by atoms with van der Waals surface area (Å²) in [6, 6.07) is 17.9. The van der Waals surface area contributed by atoms with Gasteiger partial charge in [-0.15, -0.1) is 6.42 Å². The fourth-order valence-electron chi connectivity index (χ4n) is 2.79. The first-order valence-electron chi connectivity index (χ1n) is 9.19. The van der Waals surface area contributed by atoms with Gasteiger partial charge in [0.25, 0.3) is 0 Å². The van der Waals surface area contributed by atoms with Crippen LogP contribution in [0.1, 0.15) is 25.0 Å². The monoisotopic (exact) mass is 367 g/mol. The Kier molecular flexibility index (Phi) is 8.35. The standard InChI is InChI=1S/C23H29NO3/c1-4-14-26-17-20-12-8-9-13-22(20)27-18-21(25)16-24-23(2,3)15-19-10-6-5-7-11-19/h1,5-13,21,24-25H,14-18H2,2-3H3. The van der Waals surface area contributed by atoms with Crippen LogP contribution in [0.25, 0.3) is 0 Å². The summed E-state index contributed by atoms with van der Waals surface area (Å²) in [7, 11) is 0. The average Bonchev–Trinajstić information content (AvgIpc) is 2.66. The molecule has 2 aromatic carbocycles. The third kappa shape index (κ3) is 7.84. The van der Waals surface area contributed by atoms with Crippen molar-refractivity contribution in [3.63, 3.8) is 0 Å². The Hall–Kier alpha value is -2.32. The number of terminal acetylenes is 1. The van der Waals surface area contributed by atoms with Gasteiger partial charge in [-0.05, 0) is 31.9 Å². The molecule has 0 saturated carbocycles. The van der Waals surface area contributed by atoms with E-state index in [9.17, 15) is 5.11 Å². The van der Waals surface area contributed by atoms with Crippen LogP contribution in [0.4, 0.5) is 0 Å². The first kappa shape index (κ1) is 21.0. The Morgan fingerprint density at radius 3 is 2.56 bits per heavy atom. The Bertz CT molecular complexity index is 722. The van der Waals surface area contributed by atoms with Crippen LogP contribution in [0, 0.1) is 12.3 Å². The Labute approximate surface area is 162 Å². The smallest absolute Gasteiger partial charge is 0.124 e. The molecule has 144 valence electrons. The van der Waals surface area contributed by atoms with E-state index in [1.54, 1.807) is 0 Å². The molecule has 0 radical (unpaired) electrons. The van der Waals surface area contributed by atoms with Crippen molar-refractivity contribution in [1.82, 2.24) is 5.32 Å². The van der Waals surface area contributed by atoms with Gasteiger partial charge in [-0.1, -0.05) is 54.5 Å². The minimum Gasteiger partial charge on any atom is -0.490 e. The van der Waals surface area contributed by atoms with E-state index >= 15 is 0 Å². The Morgan fingerprint density at radius 1 is 1.11 bits per heavy atom. The van der Waals surface area contributed by atoms with Crippen molar-refractivity contribution >= 4 is 0 Å². The van der Waals surface area contributed by atoms with Crippen LogP contribution >= 0.6 is 0 Å². The van der Waals surface area contributed by atoms with Crippen LogP contribution in [0.2, 0.25) is 0 Å². The molecule has 0 bridgehead atoms. The van der Waals surface area contributed by atoms with E-state index in [0.717, 1.165) is 12.0 Å². The maximum absolute atomic E-state index is 10.3. The number of benzene rings is 2. The molecule has 2 rings (SSSR count). The SMILES string of the molecule is C#CCOCc1ccccc1OCC(O)CNC(C)(C)Cc1ccccc1. The quantitative estimate of drug-likeness (QED) is 0.473. The molecule has 27 heavy (non-hydrogen) atoms. The highest BCUT2D eigenvalue weighted by Crippen LogP contribution is 2.19. The minimum absolute atomic E-state index is 0.122. The molecular formula is C23H29NO3. The molecular weight excluding hydrogens is 338 g/mol. The molecule has 2 aromatic rings. The van der Waals surface area contributed by atoms with Crippen molar-refractivity contribution < 1.29 is 14.6 Å². The number of hydrogen-bond acceptors (Lipinski definition) is 4. The number of β-amino-alcohol motifs (C(OH)–C–C–N with tert-alkyl or cyclic N) is 1. The number of rotatable bonds is 11. The highest BCUT2D eigenvalue weighted by Gasteiger charge is 2.19. The Balaban J connectivity index is 1.79. The molecule has 1 atom stereocenters. The lowest BCUT2D eigenvalue weighted by molar-refractivity contribution is 0.0956. The second-order valence-corrected chi connectivity index (χ2v) is 7.20. The van der Waals surface area contributed by atoms with Gasteiger partial charge in [-0.3, -0.25) is 0 Å². The van der Waals surface area contributed by atoms with E-state index in [1.807, 2.05) is 42.5 Å². The summed E-state index contributed by atoms with van der Waals surface area (Å²) in [6.45, 7) is 5.57. The van der Waals surface area contributed by atoms with Crippen LogP contribution in [0.15, 0.2) is 54.6 Å². The highest BCUT2D eigenvalue weighted by atomic mass is 16.5. The molecule has 4 heteroatoms. The largest absolute Gasteiger partial charge is 0.490 e. The van der Waals surface area contributed by atoms with Crippen molar-refractivity contribution in [2.24, 2.45) is 0 Å². The second-order valence-electron chi connectivity index (χ2n) is 7.20. The molecule has 4 nitrogen and oxygen atoms in total. The molecule has 0 heterocycles. The van der Waals surface area contributed by atoms with E-state index in [4.69, 9.17) is 15.9 Å². The van der Waals surface area contributed by atoms with Gasteiger partial charge in [-0.2, -0.15) is 0 Å². The lowest BCUT2D eigenvalue weighted by Crippen LogP contribution is -2.46. The first-order chi connectivity index (χ1) is 13.0. The molecule has 2 N–H and O–H groups in total. The lowest BCUT2D eigenvalue weighted by Gasteiger charge is -2.28. The molecule has 0 aliphatic heterocycles. The first-order valence-corrected chi connectivity index (χ1v) is 9.19. The number of para-hydroxylation sites is 1. The van der Waals surface area contributed by atoms with Crippen molar-refractivity contribution in [3.8, 4) is 18.1 Å². The van der Waals surface area contributed by atoms with E-state index in [2.05, 4.69) is 37.2 Å². The summed E-state index contributed by atoms with van der Waals surface area (Å²) >= 11 is 0. The molecule has 0 amide bonds. The predicted molar refractivity (Wildman–Crippen MR) is 109 cm³/mol. The molecule has 0 saturated heterocycles. The molecule has 0 fully saturated rings. The summed E-state index contributed by atoms with van der Waals surface area (Å²) in [6.07, 6.45) is 5.47. The van der Waals surface area contributed by atoms with Gasteiger partial charge in [0, 0.05) is 17.6 Å². The summed E-state index contributed by atoms with van der Waals surface area (Å²) in [5, 5.41) is 13.7. The Morgan fingerprint density at radius 2 is 1.81 bits per heavy atom. The van der Waals surface area contributed by atoms with Gasteiger partial charge < -0.3 is 19.9 Å². The third-order valence-electron chi connectivity index (χ3n) is 4.15. The summed E-state index contributed by atoms with van der Waals surface area (Å²) < 4.78 is 11.2. The zero-order valence-electron chi connectivity index (χ0n) is 16.2. The minimum atomic E-state index is -0.611. The topological polar surface area (TPSA) is 50.7 Å². The van der Waals surface area contributed by atoms with Gasteiger partial charge in [0.05, 0.1) is 6.61 Å². The van der Waals surface area contributed by atoms with Gasteiger partial charge in [-0.25, -0.2) is 0 Å². The summed E-state index contributed by atoms with van der Waals surface area (Å²) in [5.41, 5.74) is 2.06. The van der Waals surface area contributed by atoms with E-state index in [0.29, 0.717) is 18.9 Å². The molecule has 1 unspecified atom stereocenters. The van der Waals surface area contributed by atoms with Crippen molar-refractivity contribution in [2.45, 2.75) is 38.5 Å². The zero-order chi connectivity index (χ0) is 19.5. The molecule has 0 aliphatic rings. The fraction of sp³-hybridized carbons (Fsp3) is 0.391. The van der Waals surface area contributed by atoms with E-state index in [-0.39, 0.29) is 18.8 Å².